The zero-order chi connectivity index (χ0) is 46.4. The smallest absolute Gasteiger partial charge is 0.408 e. The molecule has 2 heterocycles. The lowest BCUT2D eigenvalue weighted by Crippen LogP contribution is -2.56. The van der Waals surface area contributed by atoms with Crippen LogP contribution in [0.5, 0.6) is 0 Å². The molecular weight excluding hydrogens is 857 g/mol. The summed E-state index contributed by atoms with van der Waals surface area (Å²) in [5, 5.41) is 6.06. The van der Waals surface area contributed by atoms with Gasteiger partial charge in [-0.3, -0.25) is 24.1 Å². The predicted molar refractivity (Wildman–Crippen MR) is 266 cm³/mol. The Kier molecular flexibility index (Phi) is 17.6. The number of benzene rings is 2. The monoisotopic (exact) mass is 931 g/mol. The van der Waals surface area contributed by atoms with Crippen molar-refractivity contribution in [1.82, 2.24) is 15.5 Å². The minimum absolute atomic E-state index is 0.00976. The minimum Gasteiger partial charge on any atom is -0.446 e. The second-order valence-corrected chi connectivity index (χ2v) is 21.8. The van der Waals surface area contributed by atoms with Gasteiger partial charge in [0.05, 0.1) is 17.5 Å². The summed E-state index contributed by atoms with van der Waals surface area (Å²) >= 11 is 1.39. The van der Waals surface area contributed by atoms with Crippen molar-refractivity contribution in [1.29, 1.82) is 0 Å². The van der Waals surface area contributed by atoms with Crippen molar-refractivity contribution in [3.05, 3.63) is 77.4 Å². The number of alkyl carbamates (subject to hydrolysis) is 1. The number of hydrogen-bond donors (Lipinski definition) is 2. The van der Waals surface area contributed by atoms with Gasteiger partial charge in [-0.15, -0.1) is 11.8 Å². The van der Waals surface area contributed by atoms with Gasteiger partial charge in [-0.2, -0.15) is 0 Å². The second kappa shape index (κ2) is 24.1. The summed E-state index contributed by atoms with van der Waals surface area (Å²) in [7, 11) is 0. The second-order valence-electron chi connectivity index (χ2n) is 20.5. The number of ether oxygens (including phenoxy) is 1. The fourth-order valence-electron chi connectivity index (χ4n) is 12.2. The normalized spacial score (nSPS) is 23.0. The number of carbonyl (C=O) groups excluding carboxylic acids is 5. The fourth-order valence-corrected chi connectivity index (χ4v) is 13.3. The van der Waals surface area contributed by atoms with Crippen molar-refractivity contribution < 1.29 is 28.7 Å². The Morgan fingerprint density at radius 1 is 0.746 bits per heavy atom. The Balaban J connectivity index is 0.931. The molecule has 360 valence electrons. The topological polar surface area (TPSA) is 125 Å². The minimum atomic E-state index is -1.10. The maximum atomic E-state index is 14.9. The highest BCUT2D eigenvalue weighted by Gasteiger charge is 2.45. The first kappa shape index (κ1) is 48.9. The number of carbonyl (C=O) groups is 5. The van der Waals surface area contributed by atoms with Gasteiger partial charge in [0.25, 0.3) is 0 Å². The molecule has 0 aromatic heterocycles. The molecule has 10 nitrogen and oxygen atoms in total. The van der Waals surface area contributed by atoms with Crippen molar-refractivity contribution in [2.45, 2.75) is 190 Å². The van der Waals surface area contributed by atoms with Crippen LogP contribution in [0, 0.1) is 29.6 Å². The fraction of sp³-hybridized carbons (Fsp3) is 0.625. The Morgan fingerprint density at radius 2 is 1.39 bits per heavy atom. The third-order valence-corrected chi connectivity index (χ3v) is 17.0. The van der Waals surface area contributed by atoms with Crippen molar-refractivity contribution >= 4 is 47.2 Å². The first-order valence-corrected chi connectivity index (χ1v) is 27.2. The third-order valence-electron chi connectivity index (χ3n) is 15.7. The van der Waals surface area contributed by atoms with Gasteiger partial charge in [-0.25, -0.2) is 4.79 Å². The van der Waals surface area contributed by atoms with E-state index in [-0.39, 0.29) is 61.2 Å². The van der Waals surface area contributed by atoms with Crippen molar-refractivity contribution in [2.24, 2.45) is 17.8 Å². The average Bonchev–Trinajstić information content (AvgIpc) is 3.60. The van der Waals surface area contributed by atoms with E-state index in [1.165, 1.54) is 113 Å². The Morgan fingerprint density at radius 3 is 2.12 bits per heavy atom. The van der Waals surface area contributed by atoms with Gasteiger partial charge in [0, 0.05) is 41.8 Å². The first-order valence-electron chi connectivity index (χ1n) is 26.1. The summed E-state index contributed by atoms with van der Waals surface area (Å²) in [4.78, 5) is 73.3. The van der Waals surface area contributed by atoms with Gasteiger partial charge >= 0.3 is 6.09 Å². The number of thioether (sulfide) groups is 1. The lowest BCUT2D eigenvalue weighted by atomic mass is 9.64. The number of fused-ring (bicyclic) bond motifs is 2. The largest absolute Gasteiger partial charge is 0.446 e. The summed E-state index contributed by atoms with van der Waals surface area (Å²) in [5.74, 6) is 7.87. The van der Waals surface area contributed by atoms with E-state index in [4.69, 9.17) is 4.74 Å². The highest BCUT2D eigenvalue weighted by Crippen LogP contribution is 2.45. The summed E-state index contributed by atoms with van der Waals surface area (Å²) in [6, 6.07) is 14.1. The number of hydrogen-bond acceptors (Lipinski definition) is 7. The molecule has 0 bridgehead atoms. The van der Waals surface area contributed by atoms with Crippen LogP contribution >= 0.6 is 11.8 Å². The van der Waals surface area contributed by atoms with Crippen LogP contribution < -0.4 is 15.5 Å². The molecule has 2 unspecified atom stereocenters. The number of rotatable bonds is 16. The Labute approximate surface area is 403 Å². The lowest BCUT2D eigenvalue weighted by molar-refractivity contribution is -0.138. The molecule has 6 aliphatic rings. The van der Waals surface area contributed by atoms with E-state index in [1.54, 1.807) is 4.90 Å². The first-order chi connectivity index (χ1) is 32.7. The van der Waals surface area contributed by atoms with Crippen molar-refractivity contribution in [2.75, 3.05) is 17.2 Å². The van der Waals surface area contributed by atoms with Crippen LogP contribution in [0.15, 0.2) is 60.7 Å². The SMILES string of the molecule is O=C(CCSC1CC(=O)N(CCC(NC(=O)O[C@H]2CC/C=C/CCC2)C(=O)N2Cc3ccccc3C#Cc3ccccc32)C1=O)NC(CC1CCCCC1)(CC1CCCCC1)C1CCCCC1. The van der Waals surface area contributed by atoms with Crippen molar-refractivity contribution in [3.63, 3.8) is 0 Å². The van der Waals surface area contributed by atoms with E-state index in [0.717, 1.165) is 49.7 Å². The maximum absolute atomic E-state index is 14.9. The highest BCUT2D eigenvalue weighted by atomic mass is 32.2. The highest BCUT2D eigenvalue weighted by molar-refractivity contribution is 8.00. The molecule has 1 saturated heterocycles. The Hall–Kier alpha value is -4.56. The van der Waals surface area contributed by atoms with E-state index in [2.05, 4.69) is 34.6 Å². The molecule has 4 aliphatic carbocycles. The van der Waals surface area contributed by atoms with Crippen LogP contribution in [0.25, 0.3) is 0 Å². The number of allylic oxidation sites excluding steroid dienone is 2. The molecule has 11 heteroatoms. The van der Waals surface area contributed by atoms with Gasteiger partial charge < -0.3 is 20.3 Å². The number of anilines is 1. The van der Waals surface area contributed by atoms with Crippen molar-refractivity contribution in [3.8, 4) is 11.8 Å². The molecule has 2 N–H and O–H groups in total. The number of para-hydroxylation sites is 1. The predicted octanol–water partition coefficient (Wildman–Crippen LogP) is 10.9. The lowest BCUT2D eigenvalue weighted by Gasteiger charge is -2.48. The number of amides is 5. The molecule has 5 amide bonds. The van der Waals surface area contributed by atoms with Crippen LogP contribution in [0.2, 0.25) is 0 Å². The molecule has 8 rings (SSSR count). The van der Waals surface area contributed by atoms with E-state index in [9.17, 15) is 24.0 Å². The van der Waals surface area contributed by atoms with Gasteiger partial charge in [-0.1, -0.05) is 138 Å². The molecule has 0 spiro atoms. The molecule has 3 saturated carbocycles. The molecule has 3 atom stereocenters. The summed E-state index contributed by atoms with van der Waals surface area (Å²) in [5.41, 5.74) is 2.81. The number of likely N-dealkylation sites (tertiary alicyclic amines) is 1. The molecule has 4 fully saturated rings. The van der Waals surface area contributed by atoms with Crippen LogP contribution in [0.1, 0.15) is 177 Å². The van der Waals surface area contributed by atoms with E-state index in [1.807, 2.05) is 48.5 Å². The molecule has 67 heavy (non-hydrogen) atoms. The van der Waals surface area contributed by atoms with E-state index in [0.29, 0.717) is 47.6 Å². The molecule has 2 aliphatic heterocycles. The maximum Gasteiger partial charge on any atom is 0.408 e. The van der Waals surface area contributed by atoms with Gasteiger partial charge in [0.15, 0.2) is 0 Å². The summed E-state index contributed by atoms with van der Waals surface area (Å²) in [6.07, 6.45) is 28.9. The molecule has 2 aromatic carbocycles. The Bertz CT molecular complexity index is 2110. The summed E-state index contributed by atoms with van der Waals surface area (Å²) < 4.78 is 5.94. The zero-order valence-electron chi connectivity index (χ0n) is 39.8. The standard InChI is InChI=1S/C56H74N4O6S/c61-51(58-56(46-26-11-6-12-27-46,38-41-19-7-4-8-20-41)39-42-21-9-5-10-22-42)34-36-67-50-37-52(62)59(54(50)64)35-33-48(57-55(65)66-47-28-13-2-1-3-14-29-47)53(63)60-40-45-25-16-15-23-43(45)31-32-44-24-17-18-30-49(44)60/h1-2,15-18,23-25,30,41-42,46-48,50H,3-14,19-22,26-29,33-40H2,(H,57,65)(H,58,61)/b2-1+/t47-,48?,50?/m0/s1. The third kappa shape index (κ3) is 13.2. The van der Waals surface area contributed by atoms with Gasteiger partial charge in [-0.05, 0) is 106 Å². The van der Waals surface area contributed by atoms with Crippen LogP contribution in [0.4, 0.5) is 10.5 Å². The van der Waals surface area contributed by atoms with Gasteiger partial charge in [0.1, 0.15) is 12.1 Å². The number of nitrogens with zero attached hydrogens (tertiary/aromatic N) is 2. The van der Waals surface area contributed by atoms with Crippen LogP contribution in [0.3, 0.4) is 0 Å². The van der Waals surface area contributed by atoms with Crippen LogP contribution in [-0.2, 0) is 30.5 Å². The summed E-state index contributed by atoms with van der Waals surface area (Å²) in [6.45, 7) is 0.179. The zero-order valence-corrected chi connectivity index (χ0v) is 40.6. The average molecular weight is 931 g/mol. The van der Waals surface area contributed by atoms with E-state index < -0.39 is 17.4 Å². The quantitative estimate of drug-likeness (QED) is 0.0975. The molecule has 0 radical (unpaired) electrons. The number of nitrogens with one attached hydrogen (secondary N) is 2. The van der Waals surface area contributed by atoms with Gasteiger partial charge in [0.2, 0.25) is 23.6 Å². The van der Waals surface area contributed by atoms with Crippen LogP contribution in [-0.4, -0.2) is 69.9 Å². The van der Waals surface area contributed by atoms with E-state index >= 15 is 0 Å². The molecule has 2 aromatic rings. The molecular formula is C56H74N4O6S. The number of imide groups is 1.